The van der Waals surface area contributed by atoms with Gasteiger partial charge in [-0.05, 0) is 50.6 Å². The van der Waals surface area contributed by atoms with Crippen LogP contribution in [-0.2, 0) is 0 Å². The minimum absolute atomic E-state index is 0.133. The smallest absolute Gasteiger partial charge is 0.118 e. The van der Waals surface area contributed by atoms with Crippen LogP contribution < -0.4 is 4.74 Å². The Morgan fingerprint density at radius 2 is 1.63 bits per heavy atom. The molecule has 0 aliphatic heterocycles. The van der Waals surface area contributed by atoms with E-state index in [1.54, 1.807) is 7.11 Å². The van der Waals surface area contributed by atoms with Gasteiger partial charge in [-0.3, -0.25) is 4.90 Å². The summed E-state index contributed by atoms with van der Waals surface area (Å²) in [5.41, 5.74) is 0.950. The zero-order valence-electron chi connectivity index (χ0n) is 12.6. The summed E-state index contributed by atoms with van der Waals surface area (Å²) in [6.45, 7) is 8.51. The van der Waals surface area contributed by atoms with E-state index in [1.165, 1.54) is 0 Å². The molecule has 0 fully saturated rings. The average molecular weight is 265 g/mol. The van der Waals surface area contributed by atoms with Crippen molar-refractivity contribution < 1.29 is 9.84 Å². The van der Waals surface area contributed by atoms with Gasteiger partial charge >= 0.3 is 0 Å². The second kappa shape index (κ2) is 8.18. The van der Waals surface area contributed by atoms with E-state index >= 15 is 0 Å². The third-order valence-electron chi connectivity index (χ3n) is 3.51. The zero-order chi connectivity index (χ0) is 14.3. The number of benzene rings is 1. The van der Waals surface area contributed by atoms with Gasteiger partial charge in [0.2, 0.25) is 0 Å². The fourth-order valence-electron chi connectivity index (χ4n) is 2.37. The fraction of sp³-hybridized carbons (Fsp3) is 0.625. The van der Waals surface area contributed by atoms with Crippen molar-refractivity contribution in [2.45, 2.75) is 45.8 Å². The fourth-order valence-corrected chi connectivity index (χ4v) is 2.37. The Morgan fingerprint density at radius 1 is 1.11 bits per heavy atom. The lowest BCUT2D eigenvalue weighted by Crippen LogP contribution is -2.38. The molecule has 0 amide bonds. The monoisotopic (exact) mass is 265 g/mol. The summed E-state index contributed by atoms with van der Waals surface area (Å²) in [6.07, 6.45) is 1.77. The largest absolute Gasteiger partial charge is 0.497 e. The number of aliphatic hydroxyl groups excluding tert-OH is 1. The van der Waals surface area contributed by atoms with Crippen molar-refractivity contribution in [2.24, 2.45) is 0 Å². The molecule has 1 N–H and O–H groups in total. The lowest BCUT2D eigenvalue weighted by Gasteiger charge is -2.32. The summed E-state index contributed by atoms with van der Waals surface area (Å²) in [6, 6.07) is 7.81. The van der Waals surface area contributed by atoms with Crippen LogP contribution in [0.3, 0.4) is 0 Å². The highest BCUT2D eigenvalue weighted by atomic mass is 16.5. The van der Waals surface area contributed by atoms with Gasteiger partial charge in [0.25, 0.3) is 0 Å². The lowest BCUT2D eigenvalue weighted by atomic mass is 10.0. The minimum atomic E-state index is -0.455. The minimum Gasteiger partial charge on any atom is -0.497 e. The first-order chi connectivity index (χ1) is 9.13. The summed E-state index contributed by atoms with van der Waals surface area (Å²) in [5, 5.41) is 10.5. The predicted octanol–water partition coefficient (Wildman–Crippen LogP) is 3.24. The van der Waals surface area contributed by atoms with Crippen LogP contribution in [0.1, 0.15) is 45.3 Å². The molecule has 3 nitrogen and oxygen atoms in total. The molecule has 0 aliphatic carbocycles. The molecule has 2 atom stereocenters. The maximum Gasteiger partial charge on any atom is 0.118 e. The van der Waals surface area contributed by atoms with Crippen LogP contribution in [-0.4, -0.2) is 36.2 Å². The average Bonchev–Trinajstić information content (AvgIpc) is 2.45. The molecule has 19 heavy (non-hydrogen) atoms. The first-order valence-corrected chi connectivity index (χ1v) is 7.20. The Hall–Kier alpha value is -1.06. The summed E-state index contributed by atoms with van der Waals surface area (Å²) >= 11 is 0. The van der Waals surface area contributed by atoms with E-state index < -0.39 is 6.10 Å². The molecule has 2 unspecified atom stereocenters. The highest BCUT2D eigenvalue weighted by Gasteiger charge is 2.21. The molecule has 0 heterocycles. The topological polar surface area (TPSA) is 32.7 Å². The van der Waals surface area contributed by atoms with Gasteiger partial charge in [-0.2, -0.15) is 0 Å². The molecule has 1 aromatic rings. The Kier molecular flexibility index (Phi) is 6.89. The molecule has 0 aromatic heterocycles. The van der Waals surface area contributed by atoms with Gasteiger partial charge in [0.15, 0.2) is 0 Å². The Morgan fingerprint density at radius 3 is 2.05 bits per heavy atom. The van der Waals surface area contributed by atoms with Crippen molar-refractivity contribution >= 4 is 0 Å². The highest BCUT2D eigenvalue weighted by molar-refractivity contribution is 5.29. The van der Waals surface area contributed by atoms with Crippen LogP contribution in [0.25, 0.3) is 0 Å². The standard InChI is InChI=1S/C16H27NO2/c1-5-11-17(12-6-2)13(3)16(18)14-7-9-15(19-4)10-8-14/h7-10,13,16,18H,5-6,11-12H2,1-4H3. The molecule has 0 aliphatic rings. The van der Waals surface area contributed by atoms with Crippen LogP contribution >= 0.6 is 0 Å². The number of methoxy groups -OCH3 is 1. The Bertz CT molecular complexity index is 344. The molecule has 1 aromatic carbocycles. The summed E-state index contributed by atoms with van der Waals surface area (Å²) in [7, 11) is 1.65. The first-order valence-electron chi connectivity index (χ1n) is 7.20. The molecule has 0 saturated heterocycles. The number of rotatable bonds is 8. The molecule has 3 heteroatoms. The second-order valence-corrected chi connectivity index (χ2v) is 4.99. The molecule has 108 valence electrons. The molecule has 0 bridgehead atoms. The van der Waals surface area contributed by atoms with Crippen LogP contribution in [0.2, 0.25) is 0 Å². The van der Waals surface area contributed by atoms with E-state index in [0.29, 0.717) is 0 Å². The highest BCUT2D eigenvalue weighted by Crippen LogP contribution is 2.23. The third-order valence-corrected chi connectivity index (χ3v) is 3.51. The quantitative estimate of drug-likeness (QED) is 0.783. The molecular formula is C16H27NO2. The number of hydrogen-bond donors (Lipinski definition) is 1. The molecule has 1 rings (SSSR count). The van der Waals surface area contributed by atoms with Crippen molar-refractivity contribution in [3.63, 3.8) is 0 Å². The van der Waals surface area contributed by atoms with Gasteiger partial charge in [0, 0.05) is 6.04 Å². The SMILES string of the molecule is CCCN(CCC)C(C)C(O)c1ccc(OC)cc1. The second-order valence-electron chi connectivity index (χ2n) is 4.99. The molecular weight excluding hydrogens is 238 g/mol. The summed E-state index contributed by atoms with van der Waals surface area (Å²) < 4.78 is 5.14. The molecule has 0 radical (unpaired) electrons. The van der Waals surface area contributed by atoms with E-state index in [0.717, 1.165) is 37.2 Å². The number of aliphatic hydroxyl groups is 1. The van der Waals surface area contributed by atoms with Gasteiger partial charge in [0.05, 0.1) is 13.2 Å². The lowest BCUT2D eigenvalue weighted by molar-refractivity contribution is 0.0576. The molecule has 0 spiro atoms. The maximum absolute atomic E-state index is 10.5. The third kappa shape index (κ3) is 4.51. The van der Waals surface area contributed by atoms with E-state index in [4.69, 9.17) is 4.74 Å². The maximum atomic E-state index is 10.5. The van der Waals surface area contributed by atoms with E-state index in [2.05, 4.69) is 25.7 Å². The van der Waals surface area contributed by atoms with E-state index in [1.807, 2.05) is 24.3 Å². The summed E-state index contributed by atoms with van der Waals surface area (Å²) in [5.74, 6) is 0.822. The van der Waals surface area contributed by atoms with Crippen LogP contribution in [0.15, 0.2) is 24.3 Å². The van der Waals surface area contributed by atoms with Crippen molar-refractivity contribution in [3.05, 3.63) is 29.8 Å². The zero-order valence-corrected chi connectivity index (χ0v) is 12.6. The number of nitrogens with zero attached hydrogens (tertiary/aromatic N) is 1. The van der Waals surface area contributed by atoms with Crippen LogP contribution in [0.4, 0.5) is 0 Å². The predicted molar refractivity (Wildman–Crippen MR) is 79.6 cm³/mol. The van der Waals surface area contributed by atoms with E-state index in [9.17, 15) is 5.11 Å². The summed E-state index contributed by atoms with van der Waals surface area (Å²) in [4.78, 5) is 2.36. The van der Waals surface area contributed by atoms with Gasteiger partial charge < -0.3 is 9.84 Å². The Labute approximate surface area is 117 Å². The van der Waals surface area contributed by atoms with Gasteiger partial charge in [0.1, 0.15) is 5.75 Å². The number of ether oxygens (including phenoxy) is 1. The van der Waals surface area contributed by atoms with Crippen molar-refractivity contribution in [1.82, 2.24) is 4.90 Å². The van der Waals surface area contributed by atoms with Crippen molar-refractivity contribution in [3.8, 4) is 5.75 Å². The normalized spacial score (nSPS) is 14.4. The van der Waals surface area contributed by atoms with Gasteiger partial charge in [-0.15, -0.1) is 0 Å². The van der Waals surface area contributed by atoms with E-state index in [-0.39, 0.29) is 6.04 Å². The van der Waals surface area contributed by atoms with Gasteiger partial charge in [-0.1, -0.05) is 26.0 Å². The van der Waals surface area contributed by atoms with Crippen molar-refractivity contribution in [1.29, 1.82) is 0 Å². The number of hydrogen-bond acceptors (Lipinski definition) is 3. The Balaban J connectivity index is 2.74. The van der Waals surface area contributed by atoms with Crippen LogP contribution in [0, 0.1) is 0 Å². The van der Waals surface area contributed by atoms with Crippen molar-refractivity contribution in [2.75, 3.05) is 20.2 Å². The van der Waals surface area contributed by atoms with Gasteiger partial charge in [-0.25, -0.2) is 0 Å². The van der Waals surface area contributed by atoms with Crippen LogP contribution in [0.5, 0.6) is 5.75 Å². The first kappa shape index (κ1) is 16.0. The molecule has 0 saturated carbocycles.